The second-order valence-corrected chi connectivity index (χ2v) is 8.80. The van der Waals surface area contributed by atoms with Gasteiger partial charge in [0.05, 0.1) is 22.2 Å². The van der Waals surface area contributed by atoms with Crippen LogP contribution in [0.1, 0.15) is 12.0 Å². The third-order valence-electron chi connectivity index (χ3n) is 4.58. The van der Waals surface area contributed by atoms with Gasteiger partial charge in [-0.15, -0.1) is 0 Å². The normalized spacial score (nSPS) is 16.0. The number of aromatic nitrogens is 1. The second kappa shape index (κ2) is 6.98. The van der Waals surface area contributed by atoms with E-state index in [-0.39, 0.29) is 11.3 Å². The molecule has 0 radical (unpaired) electrons. The summed E-state index contributed by atoms with van der Waals surface area (Å²) in [6, 6.07) is 12.2. The van der Waals surface area contributed by atoms with Gasteiger partial charge in [-0.05, 0) is 42.3 Å². The van der Waals surface area contributed by atoms with Crippen LogP contribution in [0.2, 0.25) is 5.02 Å². The van der Waals surface area contributed by atoms with Gasteiger partial charge in [-0.3, -0.25) is 9.29 Å². The highest BCUT2D eigenvalue weighted by Gasteiger charge is 2.28. The molecule has 1 saturated heterocycles. The molecule has 3 aromatic rings. The van der Waals surface area contributed by atoms with Crippen LogP contribution in [0.3, 0.4) is 0 Å². The van der Waals surface area contributed by atoms with Gasteiger partial charge in [-0.1, -0.05) is 23.7 Å². The molecule has 5 nitrogen and oxygen atoms in total. The summed E-state index contributed by atoms with van der Waals surface area (Å²) in [5.74, 6) is -0.291. The van der Waals surface area contributed by atoms with Crippen LogP contribution in [0, 0.1) is 5.82 Å². The summed E-state index contributed by atoms with van der Waals surface area (Å²) < 4.78 is 40.3. The van der Waals surface area contributed by atoms with Gasteiger partial charge >= 0.3 is 0 Å². The number of hydrogen-bond acceptors (Lipinski definition) is 4. The molecule has 0 saturated carbocycles. The van der Waals surface area contributed by atoms with Crippen molar-refractivity contribution in [2.45, 2.75) is 13.0 Å². The van der Waals surface area contributed by atoms with E-state index in [1.807, 2.05) is 12.1 Å². The van der Waals surface area contributed by atoms with Crippen molar-refractivity contribution in [1.82, 2.24) is 4.98 Å². The van der Waals surface area contributed by atoms with E-state index in [4.69, 9.17) is 11.6 Å². The van der Waals surface area contributed by atoms with E-state index >= 15 is 0 Å². The molecule has 1 aliphatic heterocycles. The van der Waals surface area contributed by atoms with Crippen molar-refractivity contribution in [1.29, 1.82) is 0 Å². The van der Waals surface area contributed by atoms with Crippen molar-refractivity contribution in [3.05, 3.63) is 65.1 Å². The average Bonchev–Trinajstić information content (AvgIpc) is 3.01. The first-order valence-electron chi connectivity index (χ1n) is 8.52. The summed E-state index contributed by atoms with van der Waals surface area (Å²) in [6.07, 6.45) is 2.10. The standard InChI is InChI=1S/C19H17ClFN3O2S/c20-16-7-8-22-19-15(16)5-6-17(18(19)21)23-12-13-3-1-4-14(11-13)24-9-2-10-27(24,25)26/h1,3-8,11,23H,2,9-10,12H2. The highest BCUT2D eigenvalue weighted by molar-refractivity contribution is 7.93. The number of anilines is 2. The van der Waals surface area contributed by atoms with Gasteiger partial charge in [-0.2, -0.15) is 0 Å². The number of hydrogen-bond donors (Lipinski definition) is 1. The van der Waals surface area contributed by atoms with Crippen molar-refractivity contribution in [2.24, 2.45) is 0 Å². The number of nitrogens with one attached hydrogen (secondary N) is 1. The smallest absolute Gasteiger partial charge is 0.235 e. The predicted molar refractivity (Wildman–Crippen MR) is 106 cm³/mol. The average molecular weight is 406 g/mol. The zero-order chi connectivity index (χ0) is 19.0. The number of rotatable bonds is 4. The Labute approximate surface area is 161 Å². The maximum atomic E-state index is 14.7. The third kappa shape index (κ3) is 3.44. The van der Waals surface area contributed by atoms with E-state index in [1.165, 1.54) is 10.5 Å². The van der Waals surface area contributed by atoms with Crippen LogP contribution >= 0.6 is 11.6 Å². The molecule has 2 aromatic carbocycles. The molecule has 0 amide bonds. The highest BCUT2D eigenvalue weighted by Crippen LogP contribution is 2.29. The molecule has 0 atom stereocenters. The summed E-state index contributed by atoms with van der Waals surface area (Å²) >= 11 is 6.08. The summed E-state index contributed by atoms with van der Waals surface area (Å²) in [4.78, 5) is 4.07. The first-order chi connectivity index (χ1) is 13.0. The first-order valence-corrected chi connectivity index (χ1v) is 10.5. The fourth-order valence-electron chi connectivity index (χ4n) is 3.24. The third-order valence-corrected chi connectivity index (χ3v) is 6.78. The summed E-state index contributed by atoms with van der Waals surface area (Å²) in [7, 11) is -3.23. The Morgan fingerprint density at radius 1 is 1.22 bits per heavy atom. The molecule has 0 bridgehead atoms. The van der Waals surface area contributed by atoms with Crippen molar-refractivity contribution in [3.63, 3.8) is 0 Å². The minimum atomic E-state index is -3.23. The molecule has 1 N–H and O–H groups in total. The Kier molecular flexibility index (Phi) is 4.65. The predicted octanol–water partition coefficient (Wildman–Crippen LogP) is 4.18. The Bertz CT molecular complexity index is 1120. The fourth-order valence-corrected chi connectivity index (χ4v) is 5.00. The maximum Gasteiger partial charge on any atom is 0.235 e. The van der Waals surface area contributed by atoms with Gasteiger partial charge in [0, 0.05) is 24.7 Å². The van der Waals surface area contributed by atoms with E-state index < -0.39 is 15.8 Å². The molecule has 4 rings (SSSR count). The number of sulfonamides is 1. The zero-order valence-corrected chi connectivity index (χ0v) is 15.9. The lowest BCUT2D eigenvalue weighted by Gasteiger charge is -2.18. The molecule has 8 heteroatoms. The number of pyridine rings is 1. The summed E-state index contributed by atoms with van der Waals surface area (Å²) in [5, 5.41) is 4.06. The highest BCUT2D eigenvalue weighted by atomic mass is 35.5. The van der Waals surface area contributed by atoms with Crippen molar-refractivity contribution in [2.75, 3.05) is 21.9 Å². The van der Waals surface area contributed by atoms with Crippen LogP contribution in [0.25, 0.3) is 10.9 Å². The van der Waals surface area contributed by atoms with E-state index in [1.54, 1.807) is 30.3 Å². The molecule has 27 heavy (non-hydrogen) atoms. The Hall–Kier alpha value is -2.38. The van der Waals surface area contributed by atoms with Crippen molar-refractivity contribution in [3.8, 4) is 0 Å². The van der Waals surface area contributed by atoms with Crippen LogP contribution in [0.5, 0.6) is 0 Å². The molecule has 0 spiro atoms. The Morgan fingerprint density at radius 2 is 2.07 bits per heavy atom. The Balaban J connectivity index is 1.57. The van der Waals surface area contributed by atoms with Gasteiger partial charge in [0.15, 0.2) is 5.82 Å². The van der Waals surface area contributed by atoms with Gasteiger partial charge in [0.1, 0.15) is 5.52 Å². The number of halogens is 2. The van der Waals surface area contributed by atoms with E-state index in [0.717, 1.165) is 5.56 Å². The molecule has 2 heterocycles. The molecular weight excluding hydrogens is 389 g/mol. The zero-order valence-electron chi connectivity index (χ0n) is 14.3. The lowest BCUT2D eigenvalue weighted by molar-refractivity contribution is 0.599. The van der Waals surface area contributed by atoms with Gasteiger partial charge in [-0.25, -0.2) is 12.8 Å². The molecule has 1 fully saturated rings. The van der Waals surface area contributed by atoms with Crippen molar-refractivity contribution < 1.29 is 12.8 Å². The fraction of sp³-hybridized carbons (Fsp3) is 0.211. The minimum absolute atomic E-state index is 0.174. The molecular formula is C19H17ClFN3O2S. The topological polar surface area (TPSA) is 62.3 Å². The lowest BCUT2D eigenvalue weighted by Crippen LogP contribution is -2.25. The Morgan fingerprint density at radius 3 is 2.85 bits per heavy atom. The van der Waals surface area contributed by atoms with E-state index in [0.29, 0.717) is 41.3 Å². The van der Waals surface area contributed by atoms with Crippen LogP contribution < -0.4 is 9.62 Å². The van der Waals surface area contributed by atoms with Crippen LogP contribution in [-0.2, 0) is 16.6 Å². The SMILES string of the molecule is O=S1(=O)CCCN1c1cccc(CNc2ccc3c(Cl)ccnc3c2F)c1. The molecule has 1 aliphatic rings. The second-order valence-electron chi connectivity index (χ2n) is 6.38. The minimum Gasteiger partial charge on any atom is -0.379 e. The van der Waals surface area contributed by atoms with Gasteiger partial charge in [0.25, 0.3) is 0 Å². The largest absolute Gasteiger partial charge is 0.379 e. The van der Waals surface area contributed by atoms with Crippen molar-refractivity contribution >= 4 is 43.9 Å². The maximum absolute atomic E-state index is 14.7. The molecule has 140 valence electrons. The van der Waals surface area contributed by atoms with Gasteiger partial charge < -0.3 is 5.32 Å². The number of benzene rings is 2. The number of fused-ring (bicyclic) bond motifs is 1. The first kappa shape index (κ1) is 18.0. The van der Waals surface area contributed by atoms with Crippen LogP contribution in [-0.4, -0.2) is 25.7 Å². The van der Waals surface area contributed by atoms with Crippen LogP contribution in [0.4, 0.5) is 15.8 Å². The lowest BCUT2D eigenvalue weighted by atomic mass is 10.1. The number of nitrogens with zero attached hydrogens (tertiary/aromatic N) is 2. The summed E-state index contributed by atoms with van der Waals surface area (Å²) in [6.45, 7) is 0.843. The van der Waals surface area contributed by atoms with Crippen LogP contribution in [0.15, 0.2) is 48.7 Å². The molecule has 1 aromatic heterocycles. The van der Waals surface area contributed by atoms with Gasteiger partial charge in [0.2, 0.25) is 10.0 Å². The van der Waals surface area contributed by atoms with E-state index in [9.17, 15) is 12.8 Å². The molecule has 0 unspecified atom stereocenters. The molecule has 0 aliphatic carbocycles. The van der Waals surface area contributed by atoms with E-state index in [2.05, 4.69) is 10.3 Å². The monoisotopic (exact) mass is 405 g/mol. The summed E-state index contributed by atoms with van der Waals surface area (Å²) in [5.41, 5.74) is 2.02. The quantitative estimate of drug-likeness (QED) is 0.707.